The van der Waals surface area contributed by atoms with Gasteiger partial charge in [-0.05, 0) is 37.5 Å². The molecule has 2 heterocycles. The van der Waals surface area contributed by atoms with E-state index in [4.69, 9.17) is 0 Å². The van der Waals surface area contributed by atoms with E-state index < -0.39 is 0 Å². The van der Waals surface area contributed by atoms with Gasteiger partial charge in [-0.1, -0.05) is 18.9 Å². The minimum absolute atomic E-state index is 0.0723. The van der Waals surface area contributed by atoms with Gasteiger partial charge >= 0.3 is 0 Å². The molecule has 1 aliphatic rings. The fraction of sp³-hybridized carbons (Fsp3) is 0.474. The number of nitrogens with zero attached hydrogens (tertiary/aromatic N) is 3. The standard InChI is InChI=1S/C19H26N4O/c24-19(9-6-11-22-14-10-20-16-22)21-17-7-5-8-18(15-17)23-12-3-1-2-4-13-23/h5,7-8,10,14-16H,1-4,6,9,11-13H2,(H,21,24). The van der Waals surface area contributed by atoms with E-state index in [1.165, 1.54) is 31.4 Å². The highest BCUT2D eigenvalue weighted by molar-refractivity contribution is 5.91. The minimum atomic E-state index is 0.0723. The molecule has 1 aliphatic heterocycles. The maximum atomic E-state index is 12.1. The van der Waals surface area contributed by atoms with Crippen molar-refractivity contribution in [3.63, 3.8) is 0 Å². The third-order valence-corrected chi connectivity index (χ3v) is 4.48. The molecule has 0 unspecified atom stereocenters. The summed E-state index contributed by atoms with van der Waals surface area (Å²) in [5.41, 5.74) is 2.11. The van der Waals surface area contributed by atoms with Crippen LogP contribution in [0.1, 0.15) is 38.5 Å². The van der Waals surface area contributed by atoms with Crippen molar-refractivity contribution in [3.05, 3.63) is 43.0 Å². The summed E-state index contributed by atoms with van der Waals surface area (Å²) < 4.78 is 1.99. The molecule has 0 saturated carbocycles. The maximum absolute atomic E-state index is 12.1. The van der Waals surface area contributed by atoms with Gasteiger partial charge in [-0.2, -0.15) is 0 Å². The molecular weight excluding hydrogens is 300 g/mol. The first-order chi connectivity index (χ1) is 11.8. The SMILES string of the molecule is O=C(CCCn1ccnc1)Nc1cccc(N2CCCCCC2)c1. The van der Waals surface area contributed by atoms with Crippen LogP contribution in [0.2, 0.25) is 0 Å². The average Bonchev–Trinajstić information content (AvgIpc) is 2.95. The lowest BCUT2D eigenvalue weighted by Gasteiger charge is -2.23. The Morgan fingerprint density at radius 1 is 1.17 bits per heavy atom. The number of aromatic nitrogens is 2. The molecule has 0 spiro atoms. The Balaban J connectivity index is 1.50. The molecule has 1 N–H and O–H groups in total. The van der Waals surface area contributed by atoms with Crippen LogP contribution < -0.4 is 10.2 Å². The first kappa shape index (κ1) is 16.6. The summed E-state index contributed by atoms with van der Waals surface area (Å²) in [6, 6.07) is 8.23. The van der Waals surface area contributed by atoms with E-state index >= 15 is 0 Å². The Morgan fingerprint density at radius 2 is 2.00 bits per heavy atom. The lowest BCUT2D eigenvalue weighted by atomic mass is 10.2. The van der Waals surface area contributed by atoms with E-state index in [9.17, 15) is 4.79 Å². The van der Waals surface area contributed by atoms with Crippen LogP contribution in [0.25, 0.3) is 0 Å². The van der Waals surface area contributed by atoms with Crippen molar-refractivity contribution in [1.82, 2.24) is 9.55 Å². The molecule has 1 saturated heterocycles. The van der Waals surface area contributed by atoms with Crippen molar-refractivity contribution >= 4 is 17.3 Å². The largest absolute Gasteiger partial charge is 0.371 e. The number of rotatable bonds is 6. The fourth-order valence-corrected chi connectivity index (χ4v) is 3.17. The van der Waals surface area contributed by atoms with Gasteiger partial charge in [-0.3, -0.25) is 4.79 Å². The molecule has 0 atom stereocenters. The zero-order chi connectivity index (χ0) is 16.6. The highest BCUT2D eigenvalue weighted by Gasteiger charge is 2.11. The number of hydrogen-bond donors (Lipinski definition) is 1. The van der Waals surface area contributed by atoms with Crippen LogP contribution in [-0.2, 0) is 11.3 Å². The van der Waals surface area contributed by atoms with Crippen molar-refractivity contribution in [2.45, 2.75) is 45.1 Å². The predicted molar refractivity (Wildman–Crippen MR) is 97.2 cm³/mol. The number of nitrogens with one attached hydrogen (secondary N) is 1. The summed E-state index contributed by atoms with van der Waals surface area (Å²) in [5.74, 6) is 0.0723. The molecular formula is C19H26N4O. The van der Waals surface area contributed by atoms with E-state index in [1.54, 1.807) is 12.5 Å². The molecule has 24 heavy (non-hydrogen) atoms. The molecule has 0 bridgehead atoms. The van der Waals surface area contributed by atoms with E-state index in [2.05, 4.69) is 27.3 Å². The van der Waals surface area contributed by atoms with Crippen molar-refractivity contribution in [2.24, 2.45) is 0 Å². The summed E-state index contributed by atoms with van der Waals surface area (Å²) in [6.45, 7) is 3.05. The van der Waals surface area contributed by atoms with E-state index in [-0.39, 0.29) is 5.91 Å². The van der Waals surface area contributed by atoms with Crippen LogP contribution in [-0.4, -0.2) is 28.5 Å². The lowest BCUT2D eigenvalue weighted by Crippen LogP contribution is -2.24. The van der Waals surface area contributed by atoms with Gasteiger partial charge in [0.05, 0.1) is 6.33 Å². The molecule has 1 aromatic carbocycles. The second-order valence-electron chi connectivity index (χ2n) is 6.40. The van der Waals surface area contributed by atoms with Crippen molar-refractivity contribution in [2.75, 3.05) is 23.3 Å². The first-order valence-corrected chi connectivity index (χ1v) is 8.92. The lowest BCUT2D eigenvalue weighted by molar-refractivity contribution is -0.116. The van der Waals surface area contributed by atoms with Gasteiger partial charge in [0.25, 0.3) is 0 Å². The van der Waals surface area contributed by atoms with Crippen molar-refractivity contribution in [1.29, 1.82) is 0 Å². The Labute approximate surface area is 143 Å². The van der Waals surface area contributed by atoms with E-state index in [0.717, 1.165) is 31.7 Å². The van der Waals surface area contributed by atoms with Crippen LogP contribution in [0.5, 0.6) is 0 Å². The smallest absolute Gasteiger partial charge is 0.224 e. The Bertz CT molecular complexity index is 631. The quantitative estimate of drug-likeness (QED) is 0.881. The Morgan fingerprint density at radius 3 is 2.75 bits per heavy atom. The number of imidazole rings is 1. The molecule has 0 radical (unpaired) electrons. The number of anilines is 2. The van der Waals surface area contributed by atoms with Gasteiger partial charge in [-0.25, -0.2) is 4.98 Å². The normalized spacial score (nSPS) is 15.1. The maximum Gasteiger partial charge on any atom is 0.224 e. The van der Waals surface area contributed by atoms with Crippen LogP contribution in [0.3, 0.4) is 0 Å². The number of aryl methyl sites for hydroxylation is 1. The van der Waals surface area contributed by atoms with Gasteiger partial charge in [0.2, 0.25) is 5.91 Å². The van der Waals surface area contributed by atoms with Crippen molar-refractivity contribution < 1.29 is 4.79 Å². The van der Waals surface area contributed by atoms with Crippen LogP contribution >= 0.6 is 0 Å². The van der Waals surface area contributed by atoms with Crippen molar-refractivity contribution in [3.8, 4) is 0 Å². The molecule has 128 valence electrons. The third kappa shape index (κ3) is 4.85. The van der Waals surface area contributed by atoms with Gasteiger partial charge in [0.15, 0.2) is 0 Å². The highest BCUT2D eigenvalue weighted by atomic mass is 16.1. The fourth-order valence-electron chi connectivity index (χ4n) is 3.17. The number of benzene rings is 1. The molecule has 5 heteroatoms. The number of carbonyl (C=O) groups excluding carboxylic acids is 1. The van der Waals surface area contributed by atoms with E-state index in [1.807, 2.05) is 22.9 Å². The molecule has 0 aliphatic carbocycles. The number of hydrogen-bond acceptors (Lipinski definition) is 3. The molecule has 5 nitrogen and oxygen atoms in total. The molecule has 1 aromatic heterocycles. The molecule has 1 fully saturated rings. The highest BCUT2D eigenvalue weighted by Crippen LogP contribution is 2.23. The van der Waals surface area contributed by atoms with Crippen LogP contribution in [0, 0.1) is 0 Å². The predicted octanol–water partition coefficient (Wildman–Crippen LogP) is 3.68. The third-order valence-electron chi connectivity index (χ3n) is 4.48. The van der Waals surface area contributed by atoms with Gasteiger partial charge < -0.3 is 14.8 Å². The second kappa shape index (κ2) is 8.52. The topological polar surface area (TPSA) is 50.2 Å². The van der Waals surface area contributed by atoms with Gasteiger partial charge in [-0.15, -0.1) is 0 Å². The number of amides is 1. The van der Waals surface area contributed by atoms with Crippen LogP contribution in [0.4, 0.5) is 11.4 Å². The molecule has 3 rings (SSSR count). The zero-order valence-corrected chi connectivity index (χ0v) is 14.2. The summed E-state index contributed by atoms with van der Waals surface area (Å²) in [6.07, 6.45) is 11.9. The van der Waals surface area contributed by atoms with E-state index in [0.29, 0.717) is 6.42 Å². The summed E-state index contributed by atoms with van der Waals surface area (Å²) in [4.78, 5) is 18.6. The zero-order valence-electron chi connectivity index (χ0n) is 14.2. The van der Waals surface area contributed by atoms with Crippen LogP contribution in [0.15, 0.2) is 43.0 Å². The number of carbonyl (C=O) groups is 1. The minimum Gasteiger partial charge on any atom is -0.371 e. The monoisotopic (exact) mass is 326 g/mol. The Hall–Kier alpha value is -2.30. The average molecular weight is 326 g/mol. The van der Waals surface area contributed by atoms with Gasteiger partial charge in [0.1, 0.15) is 0 Å². The summed E-state index contributed by atoms with van der Waals surface area (Å²) in [7, 11) is 0. The molecule has 2 aromatic rings. The summed E-state index contributed by atoms with van der Waals surface area (Å²) >= 11 is 0. The second-order valence-corrected chi connectivity index (χ2v) is 6.40. The first-order valence-electron chi connectivity index (χ1n) is 8.92. The summed E-state index contributed by atoms with van der Waals surface area (Å²) in [5, 5.41) is 3.03. The Kier molecular flexibility index (Phi) is 5.88. The molecule has 1 amide bonds. The van der Waals surface area contributed by atoms with Gasteiger partial charge in [0, 0.05) is 49.8 Å².